The number of hydrogen-bond acceptors (Lipinski definition) is 1. The lowest BCUT2D eigenvalue weighted by Crippen LogP contribution is -2.35. The summed E-state index contributed by atoms with van der Waals surface area (Å²) in [7, 11) is 0. The molecule has 1 heteroatoms. The zero-order chi connectivity index (χ0) is 10.2. The molecule has 0 aromatic rings. The second-order valence-electron chi connectivity index (χ2n) is 5.79. The normalized spacial score (nSPS) is 36.4. The highest BCUT2D eigenvalue weighted by molar-refractivity contribution is 5.84. The standard InChI is InChI=1S/C12H23N/c1-8-6-10(12(3,4)5)7-11(13)9(8)2/h8-10,13H,6-7H2,1-5H3. The third kappa shape index (κ3) is 2.32. The van der Waals surface area contributed by atoms with Crippen molar-refractivity contribution in [3.05, 3.63) is 0 Å². The van der Waals surface area contributed by atoms with Crippen LogP contribution in [-0.4, -0.2) is 5.71 Å². The van der Waals surface area contributed by atoms with Crippen molar-refractivity contribution < 1.29 is 0 Å². The maximum absolute atomic E-state index is 7.94. The summed E-state index contributed by atoms with van der Waals surface area (Å²) >= 11 is 0. The van der Waals surface area contributed by atoms with E-state index in [-0.39, 0.29) is 0 Å². The Balaban J connectivity index is 2.69. The molecular formula is C12H23N. The van der Waals surface area contributed by atoms with Crippen LogP contribution < -0.4 is 0 Å². The molecule has 0 bridgehead atoms. The zero-order valence-electron chi connectivity index (χ0n) is 9.65. The zero-order valence-corrected chi connectivity index (χ0v) is 9.65. The molecule has 0 saturated heterocycles. The van der Waals surface area contributed by atoms with Gasteiger partial charge in [-0.25, -0.2) is 0 Å². The SMILES string of the molecule is CC1CC(C(C)(C)C)CC(=N)C1C. The van der Waals surface area contributed by atoms with Gasteiger partial charge in [0, 0.05) is 5.71 Å². The van der Waals surface area contributed by atoms with Gasteiger partial charge < -0.3 is 5.41 Å². The van der Waals surface area contributed by atoms with Crippen molar-refractivity contribution in [2.45, 2.75) is 47.5 Å². The van der Waals surface area contributed by atoms with E-state index < -0.39 is 0 Å². The Kier molecular flexibility index (Phi) is 2.84. The molecule has 0 spiro atoms. The second-order valence-corrected chi connectivity index (χ2v) is 5.79. The summed E-state index contributed by atoms with van der Waals surface area (Å²) < 4.78 is 0. The van der Waals surface area contributed by atoms with E-state index in [2.05, 4.69) is 34.6 Å². The lowest BCUT2D eigenvalue weighted by molar-refractivity contribution is 0.175. The second kappa shape index (κ2) is 3.43. The molecule has 1 rings (SSSR count). The van der Waals surface area contributed by atoms with Gasteiger partial charge in [-0.05, 0) is 36.0 Å². The third-order valence-corrected chi connectivity index (χ3v) is 3.75. The number of rotatable bonds is 0. The van der Waals surface area contributed by atoms with Crippen LogP contribution in [0.2, 0.25) is 0 Å². The predicted octanol–water partition coefficient (Wildman–Crippen LogP) is 3.73. The smallest absolute Gasteiger partial charge is 0.0123 e. The average Bonchev–Trinajstić information content (AvgIpc) is 1.97. The summed E-state index contributed by atoms with van der Waals surface area (Å²) in [6, 6.07) is 0. The predicted molar refractivity (Wildman–Crippen MR) is 58.2 cm³/mol. The van der Waals surface area contributed by atoms with Gasteiger partial charge in [0.05, 0.1) is 0 Å². The van der Waals surface area contributed by atoms with Crippen LogP contribution >= 0.6 is 0 Å². The van der Waals surface area contributed by atoms with Crippen molar-refractivity contribution >= 4 is 5.71 Å². The summed E-state index contributed by atoms with van der Waals surface area (Å²) in [6.07, 6.45) is 2.32. The molecule has 1 aliphatic carbocycles. The minimum Gasteiger partial charge on any atom is -0.309 e. The molecule has 0 aliphatic heterocycles. The van der Waals surface area contributed by atoms with Crippen molar-refractivity contribution in [2.24, 2.45) is 23.2 Å². The van der Waals surface area contributed by atoms with E-state index in [4.69, 9.17) is 5.41 Å². The summed E-state index contributed by atoms with van der Waals surface area (Å²) in [5.41, 5.74) is 1.35. The van der Waals surface area contributed by atoms with Crippen LogP contribution in [0.25, 0.3) is 0 Å². The van der Waals surface area contributed by atoms with Gasteiger partial charge in [-0.3, -0.25) is 0 Å². The van der Waals surface area contributed by atoms with Crippen LogP contribution in [0.4, 0.5) is 0 Å². The van der Waals surface area contributed by atoms with Gasteiger partial charge in [0.1, 0.15) is 0 Å². The van der Waals surface area contributed by atoms with Crippen molar-refractivity contribution in [1.29, 1.82) is 5.41 Å². The highest BCUT2D eigenvalue weighted by atomic mass is 14.5. The van der Waals surface area contributed by atoms with Crippen LogP contribution in [0.5, 0.6) is 0 Å². The lowest BCUT2D eigenvalue weighted by Gasteiger charge is -2.40. The minimum absolute atomic E-state index is 0.376. The maximum atomic E-state index is 7.94. The van der Waals surface area contributed by atoms with Gasteiger partial charge in [-0.1, -0.05) is 34.6 Å². The van der Waals surface area contributed by atoms with Crippen molar-refractivity contribution in [3.8, 4) is 0 Å². The van der Waals surface area contributed by atoms with Gasteiger partial charge >= 0.3 is 0 Å². The Hall–Kier alpha value is -0.330. The minimum atomic E-state index is 0.376. The summed E-state index contributed by atoms with van der Waals surface area (Å²) in [5, 5.41) is 7.94. The largest absolute Gasteiger partial charge is 0.309 e. The molecular weight excluding hydrogens is 158 g/mol. The van der Waals surface area contributed by atoms with E-state index in [0.717, 1.165) is 12.1 Å². The van der Waals surface area contributed by atoms with Crippen LogP contribution in [0.1, 0.15) is 47.5 Å². The van der Waals surface area contributed by atoms with Gasteiger partial charge in [0.2, 0.25) is 0 Å². The summed E-state index contributed by atoms with van der Waals surface area (Å²) in [5.74, 6) is 1.93. The van der Waals surface area contributed by atoms with E-state index >= 15 is 0 Å². The molecule has 3 atom stereocenters. The van der Waals surface area contributed by atoms with Crippen LogP contribution in [0.15, 0.2) is 0 Å². The van der Waals surface area contributed by atoms with Gasteiger partial charge in [-0.2, -0.15) is 0 Å². The highest BCUT2D eigenvalue weighted by Gasteiger charge is 2.34. The van der Waals surface area contributed by atoms with Crippen LogP contribution in [-0.2, 0) is 0 Å². The fourth-order valence-electron chi connectivity index (χ4n) is 2.19. The van der Waals surface area contributed by atoms with E-state index in [9.17, 15) is 0 Å². The third-order valence-electron chi connectivity index (χ3n) is 3.75. The topological polar surface area (TPSA) is 23.9 Å². The molecule has 0 radical (unpaired) electrons. The van der Waals surface area contributed by atoms with Gasteiger partial charge in [0.15, 0.2) is 0 Å². The number of nitrogens with one attached hydrogen (secondary N) is 1. The van der Waals surface area contributed by atoms with Crippen molar-refractivity contribution in [2.75, 3.05) is 0 Å². The van der Waals surface area contributed by atoms with Crippen molar-refractivity contribution in [1.82, 2.24) is 0 Å². The first kappa shape index (κ1) is 10.7. The molecule has 1 fully saturated rings. The van der Waals surface area contributed by atoms with Crippen LogP contribution in [0.3, 0.4) is 0 Å². The Morgan fingerprint density at radius 2 is 1.77 bits per heavy atom. The molecule has 0 amide bonds. The molecule has 3 unspecified atom stereocenters. The lowest BCUT2D eigenvalue weighted by atomic mass is 9.66. The Labute approximate surface area is 82.4 Å². The Bertz CT molecular complexity index is 200. The molecule has 1 nitrogen and oxygen atoms in total. The summed E-state index contributed by atoms with van der Waals surface area (Å²) in [6.45, 7) is 11.4. The molecule has 0 heterocycles. The summed E-state index contributed by atoms with van der Waals surface area (Å²) in [4.78, 5) is 0. The first-order valence-electron chi connectivity index (χ1n) is 5.39. The highest BCUT2D eigenvalue weighted by Crippen LogP contribution is 2.40. The molecule has 0 aromatic heterocycles. The average molecular weight is 181 g/mol. The molecule has 0 aromatic carbocycles. The fourth-order valence-corrected chi connectivity index (χ4v) is 2.19. The van der Waals surface area contributed by atoms with E-state index in [1.165, 1.54) is 6.42 Å². The van der Waals surface area contributed by atoms with E-state index in [1.54, 1.807) is 0 Å². The van der Waals surface area contributed by atoms with Crippen molar-refractivity contribution in [3.63, 3.8) is 0 Å². The van der Waals surface area contributed by atoms with Gasteiger partial charge in [-0.15, -0.1) is 0 Å². The first-order chi connectivity index (χ1) is 5.82. The maximum Gasteiger partial charge on any atom is 0.0123 e. The molecule has 76 valence electrons. The van der Waals surface area contributed by atoms with Crippen LogP contribution in [0, 0.1) is 28.6 Å². The molecule has 13 heavy (non-hydrogen) atoms. The van der Waals surface area contributed by atoms with Gasteiger partial charge in [0.25, 0.3) is 0 Å². The van der Waals surface area contributed by atoms with E-state index in [0.29, 0.717) is 23.2 Å². The number of hydrogen-bond donors (Lipinski definition) is 1. The first-order valence-corrected chi connectivity index (χ1v) is 5.39. The quantitative estimate of drug-likeness (QED) is 0.588. The fraction of sp³-hybridized carbons (Fsp3) is 0.917. The molecule has 1 N–H and O–H groups in total. The molecule has 1 aliphatic rings. The van der Waals surface area contributed by atoms with E-state index in [1.807, 2.05) is 0 Å². The Morgan fingerprint density at radius 1 is 1.23 bits per heavy atom. The Morgan fingerprint density at radius 3 is 2.15 bits per heavy atom. The molecule has 1 saturated carbocycles. The monoisotopic (exact) mass is 181 g/mol.